The first-order chi connectivity index (χ1) is 16.3. The van der Waals surface area contributed by atoms with Crippen LogP contribution in [-0.2, 0) is 4.57 Å². The van der Waals surface area contributed by atoms with Crippen molar-refractivity contribution in [2.75, 3.05) is 12.7 Å². The van der Waals surface area contributed by atoms with Gasteiger partial charge in [-0.25, -0.2) is 0 Å². The van der Waals surface area contributed by atoms with Crippen LogP contribution < -0.4 is 0 Å². The van der Waals surface area contributed by atoms with E-state index in [1.807, 2.05) is 0 Å². The van der Waals surface area contributed by atoms with E-state index < -0.39 is 7.60 Å². The lowest BCUT2D eigenvalue weighted by Gasteiger charge is -2.35. The van der Waals surface area contributed by atoms with Crippen molar-refractivity contribution in [2.45, 2.75) is 175 Å². The van der Waals surface area contributed by atoms with Crippen LogP contribution >= 0.6 is 7.60 Å². The highest BCUT2D eigenvalue weighted by atomic mass is 31.2. The SMILES string of the molecule is CCCCCCCCCCCC(C)N(CCCP(=O)(O)O)C(C)CCCCCCCCCCC. The molecule has 0 aliphatic heterocycles. The highest BCUT2D eigenvalue weighted by Gasteiger charge is 2.21. The third-order valence-electron chi connectivity index (χ3n) is 7.45. The lowest BCUT2D eigenvalue weighted by Crippen LogP contribution is -2.41. The van der Waals surface area contributed by atoms with Crippen molar-refractivity contribution in [3.05, 3.63) is 0 Å². The summed E-state index contributed by atoms with van der Waals surface area (Å²) < 4.78 is 11.3. The van der Waals surface area contributed by atoms with Crippen LogP contribution in [-0.4, -0.2) is 39.5 Å². The van der Waals surface area contributed by atoms with Crippen molar-refractivity contribution in [1.82, 2.24) is 4.90 Å². The van der Waals surface area contributed by atoms with Gasteiger partial charge in [-0.2, -0.15) is 0 Å². The van der Waals surface area contributed by atoms with Crippen LogP contribution in [0.25, 0.3) is 0 Å². The maximum absolute atomic E-state index is 11.3. The molecular formula is C29H62NO3P. The topological polar surface area (TPSA) is 60.8 Å². The van der Waals surface area contributed by atoms with Crippen molar-refractivity contribution in [3.8, 4) is 0 Å². The van der Waals surface area contributed by atoms with E-state index in [0.29, 0.717) is 18.5 Å². The Hall–Kier alpha value is 0.110. The van der Waals surface area contributed by atoms with E-state index in [2.05, 4.69) is 32.6 Å². The van der Waals surface area contributed by atoms with E-state index in [4.69, 9.17) is 0 Å². The second kappa shape index (κ2) is 23.5. The lowest BCUT2D eigenvalue weighted by molar-refractivity contribution is 0.135. The van der Waals surface area contributed by atoms with E-state index in [1.165, 1.54) is 128 Å². The predicted molar refractivity (Wildman–Crippen MR) is 151 cm³/mol. The molecule has 2 N–H and O–H groups in total. The maximum Gasteiger partial charge on any atom is 0.325 e. The van der Waals surface area contributed by atoms with Crippen LogP contribution in [0.4, 0.5) is 0 Å². The van der Waals surface area contributed by atoms with Crippen molar-refractivity contribution in [2.24, 2.45) is 0 Å². The van der Waals surface area contributed by atoms with Gasteiger partial charge in [-0.3, -0.25) is 9.46 Å². The summed E-state index contributed by atoms with van der Waals surface area (Å²) in [6.07, 6.45) is 27.4. The summed E-state index contributed by atoms with van der Waals surface area (Å²) >= 11 is 0. The molecule has 2 unspecified atom stereocenters. The molecule has 2 atom stereocenters. The Morgan fingerprint density at radius 1 is 0.559 bits per heavy atom. The van der Waals surface area contributed by atoms with Gasteiger partial charge in [0.1, 0.15) is 0 Å². The zero-order valence-corrected chi connectivity index (χ0v) is 24.5. The van der Waals surface area contributed by atoms with Crippen molar-refractivity contribution < 1.29 is 14.4 Å². The van der Waals surface area contributed by atoms with Crippen LogP contribution in [0.2, 0.25) is 0 Å². The van der Waals surface area contributed by atoms with Crippen molar-refractivity contribution in [3.63, 3.8) is 0 Å². The number of unbranched alkanes of at least 4 members (excludes halogenated alkanes) is 16. The zero-order chi connectivity index (χ0) is 25.5. The molecule has 0 fully saturated rings. The molecule has 0 aliphatic rings. The van der Waals surface area contributed by atoms with Gasteiger partial charge in [-0.15, -0.1) is 0 Å². The second-order valence-electron chi connectivity index (χ2n) is 10.9. The van der Waals surface area contributed by atoms with Gasteiger partial charge in [0.25, 0.3) is 0 Å². The monoisotopic (exact) mass is 503 g/mol. The smallest absolute Gasteiger partial charge is 0.324 e. The van der Waals surface area contributed by atoms with E-state index in [1.54, 1.807) is 0 Å². The van der Waals surface area contributed by atoms with Gasteiger partial charge in [0, 0.05) is 12.1 Å². The molecule has 4 nitrogen and oxygen atoms in total. The van der Waals surface area contributed by atoms with Crippen LogP contribution in [0.1, 0.15) is 163 Å². The van der Waals surface area contributed by atoms with Crippen molar-refractivity contribution in [1.29, 1.82) is 0 Å². The predicted octanol–water partition coefficient (Wildman–Crippen LogP) is 9.48. The summed E-state index contributed by atoms with van der Waals surface area (Å²) in [5.41, 5.74) is 0. The number of rotatable bonds is 26. The standard InChI is InChI=1S/C29H62NO3P/c1-5-7-9-11-13-15-17-19-21-24-28(3)30(26-23-27-34(31,32)33)29(4)25-22-20-18-16-14-12-10-8-6-2/h28-29H,5-27H2,1-4H3,(H2,31,32,33). The minimum Gasteiger partial charge on any atom is -0.324 e. The summed E-state index contributed by atoms with van der Waals surface area (Å²) in [5.74, 6) is 0. The lowest BCUT2D eigenvalue weighted by atomic mass is 10.0. The third-order valence-corrected chi connectivity index (χ3v) is 8.35. The Balaban J connectivity index is 4.22. The Morgan fingerprint density at radius 2 is 0.882 bits per heavy atom. The molecular weight excluding hydrogens is 441 g/mol. The molecule has 0 saturated heterocycles. The van der Waals surface area contributed by atoms with Crippen LogP contribution in [0.5, 0.6) is 0 Å². The van der Waals surface area contributed by atoms with Gasteiger partial charge in [-0.05, 0) is 39.7 Å². The van der Waals surface area contributed by atoms with Crippen LogP contribution in [0.3, 0.4) is 0 Å². The number of hydrogen-bond donors (Lipinski definition) is 2. The molecule has 34 heavy (non-hydrogen) atoms. The minimum atomic E-state index is -3.90. The van der Waals surface area contributed by atoms with E-state index >= 15 is 0 Å². The molecule has 0 amide bonds. The van der Waals surface area contributed by atoms with E-state index in [9.17, 15) is 14.4 Å². The molecule has 0 aromatic rings. The van der Waals surface area contributed by atoms with Gasteiger partial charge < -0.3 is 9.79 Å². The minimum absolute atomic E-state index is 0.0129. The van der Waals surface area contributed by atoms with E-state index in [0.717, 1.165) is 6.54 Å². The maximum atomic E-state index is 11.3. The number of hydrogen-bond acceptors (Lipinski definition) is 2. The quantitative estimate of drug-likeness (QED) is 0.0911. The summed E-state index contributed by atoms with van der Waals surface area (Å²) in [4.78, 5) is 21.1. The van der Waals surface area contributed by atoms with Crippen LogP contribution in [0.15, 0.2) is 0 Å². The number of nitrogens with zero attached hydrogens (tertiary/aromatic N) is 1. The van der Waals surface area contributed by atoms with Gasteiger partial charge in [0.15, 0.2) is 0 Å². The average Bonchev–Trinajstić information content (AvgIpc) is 2.78. The molecule has 206 valence electrons. The van der Waals surface area contributed by atoms with E-state index in [-0.39, 0.29) is 6.16 Å². The fourth-order valence-corrected chi connectivity index (χ4v) is 5.72. The first-order valence-corrected chi connectivity index (χ1v) is 16.9. The Kier molecular flexibility index (Phi) is 23.6. The Bertz CT molecular complexity index is 440. The zero-order valence-electron chi connectivity index (χ0n) is 23.6. The van der Waals surface area contributed by atoms with Crippen molar-refractivity contribution >= 4 is 7.60 Å². The highest BCUT2D eigenvalue weighted by Crippen LogP contribution is 2.35. The normalized spacial score (nSPS) is 14.1. The fraction of sp³-hybridized carbons (Fsp3) is 1.00. The largest absolute Gasteiger partial charge is 0.325 e. The van der Waals surface area contributed by atoms with Gasteiger partial charge in [-0.1, -0.05) is 129 Å². The first kappa shape index (κ1) is 34.1. The summed E-state index contributed by atoms with van der Waals surface area (Å²) in [6.45, 7) is 10.0. The molecule has 0 aromatic carbocycles. The molecule has 0 spiro atoms. The second-order valence-corrected chi connectivity index (χ2v) is 12.7. The first-order valence-electron chi connectivity index (χ1n) is 15.1. The summed E-state index contributed by atoms with van der Waals surface area (Å²) in [5, 5.41) is 0. The average molecular weight is 504 g/mol. The Morgan fingerprint density at radius 3 is 1.21 bits per heavy atom. The fourth-order valence-electron chi connectivity index (χ4n) is 5.17. The van der Waals surface area contributed by atoms with Gasteiger partial charge in [0.05, 0.1) is 6.16 Å². The Labute approximate surface area is 214 Å². The molecule has 0 rings (SSSR count). The highest BCUT2D eigenvalue weighted by molar-refractivity contribution is 7.51. The molecule has 5 heteroatoms. The molecule has 0 aromatic heterocycles. The summed E-state index contributed by atoms with van der Waals surface area (Å²) in [6, 6.07) is 0.991. The summed E-state index contributed by atoms with van der Waals surface area (Å²) in [7, 11) is -3.90. The molecule has 0 aliphatic carbocycles. The molecule has 0 bridgehead atoms. The molecule has 0 heterocycles. The molecule has 0 radical (unpaired) electrons. The van der Waals surface area contributed by atoms with Gasteiger partial charge in [0.2, 0.25) is 0 Å². The third kappa shape index (κ3) is 22.6. The van der Waals surface area contributed by atoms with Crippen LogP contribution in [0, 0.1) is 0 Å². The molecule has 0 saturated carbocycles. The van der Waals surface area contributed by atoms with Gasteiger partial charge >= 0.3 is 7.60 Å².